The highest BCUT2D eigenvalue weighted by Gasteiger charge is 2.29. The van der Waals surface area contributed by atoms with E-state index in [2.05, 4.69) is 31.2 Å². The van der Waals surface area contributed by atoms with Crippen LogP contribution < -0.4 is 20.1 Å². The number of benzene rings is 2. The molecule has 0 aliphatic heterocycles. The van der Waals surface area contributed by atoms with E-state index >= 15 is 0 Å². The zero-order valence-electron chi connectivity index (χ0n) is 20.4. The highest BCUT2D eigenvalue weighted by molar-refractivity contribution is 8.00. The van der Waals surface area contributed by atoms with Crippen molar-refractivity contribution >= 4 is 49.6 Å². The van der Waals surface area contributed by atoms with Crippen LogP contribution in [0.15, 0.2) is 36.7 Å². The van der Waals surface area contributed by atoms with Crippen LogP contribution in [0.1, 0.15) is 31.7 Å². The van der Waals surface area contributed by atoms with E-state index in [0.717, 1.165) is 12.0 Å². The normalized spacial score (nSPS) is 19.9. The molecule has 1 aliphatic carbocycles. The van der Waals surface area contributed by atoms with E-state index in [1.807, 2.05) is 13.0 Å². The van der Waals surface area contributed by atoms with Crippen molar-refractivity contribution in [3.63, 3.8) is 0 Å². The third-order valence-electron chi connectivity index (χ3n) is 5.95. The van der Waals surface area contributed by atoms with Gasteiger partial charge in [0.05, 0.1) is 23.3 Å². The van der Waals surface area contributed by atoms with Crippen LogP contribution in [0.3, 0.4) is 0 Å². The van der Waals surface area contributed by atoms with Crippen LogP contribution in [0.2, 0.25) is 0 Å². The molecule has 1 aliphatic rings. The van der Waals surface area contributed by atoms with Crippen molar-refractivity contribution in [2.45, 2.75) is 51.4 Å². The van der Waals surface area contributed by atoms with Gasteiger partial charge in [-0.05, 0) is 68.8 Å². The number of ether oxygens (including phenoxy) is 1. The Balaban J connectivity index is 1.59. The number of aryl methyl sites for hydroxylation is 1. The molecule has 1 amide bonds. The Kier molecular flexibility index (Phi) is 7.32. The quantitative estimate of drug-likeness (QED) is 0.339. The highest BCUT2D eigenvalue weighted by atomic mass is 32.2. The van der Waals surface area contributed by atoms with Gasteiger partial charge in [-0.25, -0.2) is 18.6 Å². The van der Waals surface area contributed by atoms with Gasteiger partial charge in [-0.3, -0.25) is 4.79 Å². The van der Waals surface area contributed by atoms with Crippen molar-refractivity contribution in [1.82, 2.24) is 15.3 Å². The molecule has 1 unspecified atom stereocenters. The average molecular weight is 516 g/mol. The fraction of sp³-hybridized carbons (Fsp3) is 0.360. The molecule has 11 heteroatoms. The van der Waals surface area contributed by atoms with Crippen molar-refractivity contribution in [3.05, 3.63) is 48.0 Å². The van der Waals surface area contributed by atoms with E-state index < -0.39 is 33.6 Å². The number of carbonyl (C=O) groups is 1. The van der Waals surface area contributed by atoms with E-state index in [4.69, 9.17) is 4.74 Å². The van der Waals surface area contributed by atoms with Gasteiger partial charge in [0.1, 0.15) is 23.7 Å². The molecule has 1 fully saturated rings. The summed E-state index contributed by atoms with van der Waals surface area (Å²) in [4.78, 5) is 21.3. The van der Waals surface area contributed by atoms with Crippen molar-refractivity contribution in [2.75, 3.05) is 16.3 Å². The molecule has 3 aromatic rings. The maximum absolute atomic E-state index is 14.1. The maximum Gasteiger partial charge on any atom is 0.261 e. The largest absolute Gasteiger partial charge is 0.479 e. The summed E-state index contributed by atoms with van der Waals surface area (Å²) in [6.45, 7) is 3.44. The fourth-order valence-corrected chi connectivity index (χ4v) is 4.89. The minimum atomic E-state index is -2.47. The monoisotopic (exact) mass is 515 g/mol. The van der Waals surface area contributed by atoms with E-state index in [9.17, 15) is 18.5 Å². The minimum Gasteiger partial charge on any atom is -0.479 e. The van der Waals surface area contributed by atoms with Gasteiger partial charge in [-0.15, -0.1) is 0 Å². The molecular weight excluding hydrogens is 485 g/mol. The fourth-order valence-electron chi connectivity index (χ4n) is 4.27. The van der Waals surface area contributed by atoms with Crippen LogP contribution in [0.25, 0.3) is 10.9 Å². The van der Waals surface area contributed by atoms with E-state index in [0.29, 0.717) is 40.9 Å². The van der Waals surface area contributed by atoms with Crippen LogP contribution in [0, 0.1) is 12.7 Å². The van der Waals surface area contributed by atoms with Crippen molar-refractivity contribution in [3.8, 4) is 5.75 Å². The minimum absolute atomic E-state index is 0.134. The number of anilines is 3. The lowest BCUT2D eigenvalue weighted by molar-refractivity contribution is -0.128. The second-order valence-corrected chi connectivity index (χ2v) is 11.4. The summed E-state index contributed by atoms with van der Waals surface area (Å²) in [7, 11) is -2.47. The highest BCUT2D eigenvalue weighted by Crippen LogP contribution is 2.33. The third kappa shape index (κ3) is 6.03. The number of aromatic nitrogens is 2. The first-order valence-electron chi connectivity index (χ1n) is 11.6. The van der Waals surface area contributed by atoms with Gasteiger partial charge in [0, 0.05) is 33.1 Å². The summed E-state index contributed by atoms with van der Waals surface area (Å²) >= 11 is 0. The number of nitrogens with one attached hydrogen (secondary N) is 3. The van der Waals surface area contributed by atoms with E-state index in [-0.39, 0.29) is 11.8 Å². The predicted molar refractivity (Wildman–Crippen MR) is 141 cm³/mol. The summed E-state index contributed by atoms with van der Waals surface area (Å²) in [5, 5.41) is 16.7. The molecule has 0 spiro atoms. The summed E-state index contributed by atoms with van der Waals surface area (Å²) in [6, 6.07) is 7.23. The molecule has 1 aromatic heterocycles. The predicted octanol–water partition coefficient (Wildman–Crippen LogP) is 3.29. The van der Waals surface area contributed by atoms with Crippen LogP contribution in [0.4, 0.5) is 21.6 Å². The van der Waals surface area contributed by atoms with Gasteiger partial charge in [0.2, 0.25) is 0 Å². The van der Waals surface area contributed by atoms with Gasteiger partial charge in [0.25, 0.3) is 5.91 Å². The molecule has 0 radical (unpaired) electrons. The number of amides is 1. The topological polar surface area (TPSA) is 125 Å². The van der Waals surface area contributed by atoms with Gasteiger partial charge >= 0.3 is 0 Å². The maximum atomic E-state index is 14.1. The third-order valence-corrected chi connectivity index (χ3v) is 6.61. The van der Waals surface area contributed by atoms with Gasteiger partial charge in [-0.1, -0.05) is 0 Å². The number of hydrogen-bond donors (Lipinski definition) is 4. The summed E-state index contributed by atoms with van der Waals surface area (Å²) in [6.07, 6.45) is 3.58. The number of aliphatic hydroxyl groups is 1. The number of aliphatic hydroxyl groups excluding tert-OH is 1. The average Bonchev–Trinajstić information content (AvgIpc) is 3.18. The number of fused-ring (bicyclic) bond motifs is 1. The van der Waals surface area contributed by atoms with Crippen molar-refractivity contribution in [1.29, 1.82) is 0 Å². The summed E-state index contributed by atoms with van der Waals surface area (Å²) in [5.41, 5.74) is 2.44. The summed E-state index contributed by atoms with van der Waals surface area (Å²) in [5.74, 6) is 3.30. The number of hydrogen-bond acceptors (Lipinski definition) is 7. The SMILES string of the molecule is C=S(C)(=O)Nc1cc(C)c2c(Nc3ccc(F)cc3O[C@H](C)C(=O)N[C@@H]3CCC[C@@H]3O)ncnc2c1. The molecule has 1 heterocycles. The van der Waals surface area contributed by atoms with Crippen molar-refractivity contribution in [2.24, 2.45) is 0 Å². The molecule has 0 bridgehead atoms. The van der Waals surface area contributed by atoms with E-state index in [1.165, 1.54) is 30.8 Å². The Morgan fingerprint density at radius 3 is 2.75 bits per heavy atom. The smallest absolute Gasteiger partial charge is 0.261 e. The number of rotatable bonds is 8. The van der Waals surface area contributed by atoms with Crippen LogP contribution >= 0.6 is 0 Å². The van der Waals surface area contributed by atoms with E-state index in [1.54, 1.807) is 13.0 Å². The molecule has 2 aromatic carbocycles. The molecule has 1 saturated carbocycles. The standard InChI is InChI=1S/C25H30FN5O4S/c1-14-10-17(31-36(3,4)34)12-20-23(14)24(28-13-27-20)29-19-9-8-16(26)11-22(19)35-15(2)25(33)30-18-6-5-7-21(18)32/h8-13,15,18,21,32H,3,5-7H2,1-2,4H3,(H,30,33)(H,31,34)(H,27,28,29)/t15-,18-,21+,36?/m1/s1. The van der Waals surface area contributed by atoms with Gasteiger partial charge < -0.3 is 25.2 Å². The molecule has 192 valence electrons. The lowest BCUT2D eigenvalue weighted by atomic mass is 10.1. The Hall–Kier alpha value is -3.44. The number of halogens is 1. The molecule has 4 N–H and O–H groups in total. The first kappa shape index (κ1) is 25.6. The molecule has 0 saturated heterocycles. The second-order valence-electron chi connectivity index (χ2n) is 9.16. The van der Waals surface area contributed by atoms with Gasteiger partial charge in [-0.2, -0.15) is 0 Å². The lowest BCUT2D eigenvalue weighted by Crippen LogP contribution is -2.45. The Morgan fingerprint density at radius 2 is 2.06 bits per heavy atom. The van der Waals surface area contributed by atoms with Crippen LogP contribution in [-0.4, -0.2) is 55.6 Å². The Morgan fingerprint density at radius 1 is 1.28 bits per heavy atom. The molecule has 4 rings (SSSR count). The zero-order valence-corrected chi connectivity index (χ0v) is 21.2. The lowest BCUT2D eigenvalue weighted by Gasteiger charge is -2.22. The molecule has 9 nitrogen and oxygen atoms in total. The molecular formula is C25H30FN5O4S. The number of carbonyl (C=O) groups excluding carboxylic acids is 1. The van der Waals surface area contributed by atoms with Crippen molar-refractivity contribution < 1.29 is 23.2 Å². The van der Waals surface area contributed by atoms with Crippen LogP contribution in [-0.2, 0) is 14.5 Å². The summed E-state index contributed by atoms with van der Waals surface area (Å²) < 4.78 is 34.9. The second kappa shape index (κ2) is 10.3. The molecule has 36 heavy (non-hydrogen) atoms. The number of nitrogens with zero attached hydrogens (tertiary/aromatic N) is 2. The Labute approximate surface area is 209 Å². The first-order valence-corrected chi connectivity index (χ1v) is 13.7. The van der Waals surface area contributed by atoms with Crippen LogP contribution in [0.5, 0.6) is 5.75 Å². The molecule has 4 atom stereocenters. The zero-order chi connectivity index (χ0) is 26.0. The van der Waals surface area contributed by atoms with Gasteiger partial charge in [0.15, 0.2) is 6.10 Å². The first-order chi connectivity index (χ1) is 17.0. The Bertz CT molecular complexity index is 1400.